The van der Waals surface area contributed by atoms with E-state index in [9.17, 15) is 14.4 Å². The maximum absolute atomic E-state index is 11.5. The molecule has 6 nitrogen and oxygen atoms in total. The molecule has 0 aliphatic heterocycles. The molecule has 0 fully saturated rings. The lowest BCUT2D eigenvalue weighted by Crippen LogP contribution is -2.44. The first kappa shape index (κ1) is 14.4. The van der Waals surface area contributed by atoms with E-state index in [-0.39, 0.29) is 6.42 Å². The van der Waals surface area contributed by atoms with Crippen LogP contribution >= 0.6 is 0 Å². The summed E-state index contributed by atoms with van der Waals surface area (Å²) in [5, 5.41) is 8.65. The quantitative estimate of drug-likeness (QED) is 0.546. The van der Waals surface area contributed by atoms with E-state index in [2.05, 4.69) is 9.47 Å². The number of hydrogen-bond acceptors (Lipinski definition) is 5. The van der Waals surface area contributed by atoms with Crippen molar-refractivity contribution in [2.45, 2.75) is 20.3 Å². The minimum atomic E-state index is -1.60. The fourth-order valence-electron chi connectivity index (χ4n) is 1.38. The number of carboxylic acid groups (broad SMARTS) is 1. The fourth-order valence-corrected chi connectivity index (χ4v) is 1.38. The normalized spacial score (nSPS) is 12.8. The molecule has 0 aromatic heterocycles. The Morgan fingerprint density at radius 3 is 1.81 bits per heavy atom. The van der Waals surface area contributed by atoms with E-state index in [1.807, 2.05) is 0 Å². The van der Waals surface area contributed by atoms with Crippen LogP contribution in [0.1, 0.15) is 20.3 Å². The van der Waals surface area contributed by atoms with Gasteiger partial charge in [0.1, 0.15) is 0 Å². The summed E-state index contributed by atoms with van der Waals surface area (Å²) < 4.78 is 9.02. The molecular formula is C10H16O6. The summed E-state index contributed by atoms with van der Waals surface area (Å²) in [4.78, 5) is 33.7. The molecule has 0 unspecified atom stereocenters. The number of aliphatic carboxylic acids is 1. The Morgan fingerprint density at radius 2 is 1.56 bits per heavy atom. The van der Waals surface area contributed by atoms with Gasteiger partial charge in [-0.3, -0.25) is 14.4 Å². The van der Waals surface area contributed by atoms with E-state index in [1.165, 1.54) is 13.8 Å². The number of ether oxygens (including phenoxy) is 2. The molecule has 0 heterocycles. The van der Waals surface area contributed by atoms with Crippen LogP contribution in [0.5, 0.6) is 0 Å². The topological polar surface area (TPSA) is 89.9 Å². The van der Waals surface area contributed by atoms with Gasteiger partial charge in [0.25, 0.3) is 0 Å². The largest absolute Gasteiger partial charge is 0.481 e. The van der Waals surface area contributed by atoms with E-state index in [0.717, 1.165) is 14.2 Å². The minimum absolute atomic E-state index is 0.319. The van der Waals surface area contributed by atoms with Gasteiger partial charge in [-0.15, -0.1) is 0 Å². The Bertz CT molecular complexity index is 280. The van der Waals surface area contributed by atoms with Gasteiger partial charge in [-0.25, -0.2) is 0 Å². The Hall–Kier alpha value is -1.59. The van der Waals surface area contributed by atoms with Gasteiger partial charge in [-0.1, -0.05) is 6.92 Å². The molecule has 0 radical (unpaired) electrons. The summed E-state index contributed by atoms with van der Waals surface area (Å²) in [6.07, 6.45) is -0.319. The third-order valence-corrected chi connectivity index (χ3v) is 2.69. The van der Waals surface area contributed by atoms with E-state index >= 15 is 0 Å². The molecule has 0 amide bonds. The van der Waals surface area contributed by atoms with Gasteiger partial charge in [0, 0.05) is 6.42 Å². The van der Waals surface area contributed by atoms with Crippen LogP contribution in [0.4, 0.5) is 0 Å². The van der Waals surface area contributed by atoms with Crippen LogP contribution in [0, 0.1) is 11.3 Å². The average molecular weight is 232 g/mol. The first-order chi connectivity index (χ1) is 7.30. The first-order valence-electron chi connectivity index (χ1n) is 4.69. The van der Waals surface area contributed by atoms with Crippen LogP contribution in [0.3, 0.4) is 0 Å². The van der Waals surface area contributed by atoms with Crippen molar-refractivity contribution in [2.75, 3.05) is 14.2 Å². The zero-order valence-corrected chi connectivity index (χ0v) is 9.77. The standard InChI is InChI=1S/C10H16O6/c1-6(5-7(11)12)10(2,8(13)15-3)9(14)16-4/h6H,5H2,1-4H3,(H,11,12)/t6-/m0/s1. The molecule has 0 aromatic rings. The van der Waals surface area contributed by atoms with Crippen molar-refractivity contribution in [3.63, 3.8) is 0 Å². The summed E-state index contributed by atoms with van der Waals surface area (Å²) in [5.41, 5.74) is -1.60. The molecule has 0 aliphatic carbocycles. The second-order valence-corrected chi connectivity index (χ2v) is 3.68. The highest BCUT2D eigenvalue weighted by molar-refractivity contribution is 6.00. The Morgan fingerprint density at radius 1 is 1.19 bits per heavy atom. The molecule has 0 aromatic carbocycles. The lowest BCUT2D eigenvalue weighted by molar-refractivity contribution is -0.172. The molecule has 1 N–H and O–H groups in total. The molecule has 0 saturated heterocycles. The highest BCUT2D eigenvalue weighted by Gasteiger charge is 2.49. The molecule has 0 bridgehead atoms. The average Bonchev–Trinajstić information content (AvgIpc) is 2.24. The van der Waals surface area contributed by atoms with Crippen LogP contribution in [0.2, 0.25) is 0 Å². The van der Waals surface area contributed by atoms with Crippen LogP contribution in [0.15, 0.2) is 0 Å². The van der Waals surface area contributed by atoms with Crippen molar-refractivity contribution < 1.29 is 29.0 Å². The summed E-state index contributed by atoms with van der Waals surface area (Å²) in [6, 6.07) is 0. The van der Waals surface area contributed by atoms with Crippen LogP contribution in [0.25, 0.3) is 0 Å². The van der Waals surface area contributed by atoms with Gasteiger partial charge in [-0.2, -0.15) is 0 Å². The van der Waals surface area contributed by atoms with Crippen molar-refractivity contribution in [1.82, 2.24) is 0 Å². The van der Waals surface area contributed by atoms with Gasteiger partial charge >= 0.3 is 17.9 Å². The lowest BCUT2D eigenvalue weighted by Gasteiger charge is -2.28. The Balaban J connectivity index is 5.14. The number of rotatable bonds is 5. The second kappa shape index (κ2) is 5.48. The number of carbonyl (C=O) groups excluding carboxylic acids is 2. The molecule has 92 valence electrons. The van der Waals surface area contributed by atoms with Gasteiger partial charge in [-0.05, 0) is 12.8 Å². The van der Waals surface area contributed by atoms with Crippen LogP contribution < -0.4 is 0 Å². The van der Waals surface area contributed by atoms with Crippen LogP contribution in [-0.4, -0.2) is 37.2 Å². The monoisotopic (exact) mass is 232 g/mol. The maximum atomic E-state index is 11.5. The molecular weight excluding hydrogens is 216 g/mol. The van der Waals surface area contributed by atoms with Crippen LogP contribution in [-0.2, 0) is 23.9 Å². The predicted octanol–water partition coefficient (Wildman–Crippen LogP) is 0.450. The lowest BCUT2D eigenvalue weighted by atomic mass is 9.76. The van der Waals surface area contributed by atoms with Crippen molar-refractivity contribution in [3.8, 4) is 0 Å². The number of methoxy groups -OCH3 is 2. The molecule has 0 spiro atoms. The van der Waals surface area contributed by atoms with E-state index < -0.39 is 29.2 Å². The van der Waals surface area contributed by atoms with Crippen molar-refractivity contribution >= 4 is 17.9 Å². The SMILES string of the molecule is COC(=O)C(C)(C(=O)OC)[C@@H](C)CC(=O)O. The number of esters is 2. The molecule has 6 heteroatoms. The second-order valence-electron chi connectivity index (χ2n) is 3.68. The number of hydrogen-bond donors (Lipinski definition) is 1. The fraction of sp³-hybridized carbons (Fsp3) is 0.700. The third-order valence-electron chi connectivity index (χ3n) is 2.69. The first-order valence-corrected chi connectivity index (χ1v) is 4.69. The van der Waals surface area contributed by atoms with Crippen molar-refractivity contribution in [2.24, 2.45) is 11.3 Å². The summed E-state index contributed by atoms with van der Waals surface area (Å²) in [5.74, 6) is -3.40. The smallest absolute Gasteiger partial charge is 0.323 e. The number of carbonyl (C=O) groups is 3. The highest BCUT2D eigenvalue weighted by atomic mass is 16.5. The molecule has 0 rings (SSSR count). The summed E-state index contributed by atoms with van der Waals surface area (Å²) >= 11 is 0. The predicted molar refractivity (Wildman–Crippen MR) is 53.6 cm³/mol. The molecule has 0 saturated carbocycles. The molecule has 1 atom stereocenters. The Labute approximate surface area is 93.5 Å². The van der Waals surface area contributed by atoms with Crippen molar-refractivity contribution in [1.29, 1.82) is 0 Å². The summed E-state index contributed by atoms with van der Waals surface area (Å²) in [7, 11) is 2.27. The molecule has 16 heavy (non-hydrogen) atoms. The summed E-state index contributed by atoms with van der Waals surface area (Å²) in [6.45, 7) is 2.81. The Kier molecular flexibility index (Phi) is 4.94. The van der Waals surface area contributed by atoms with E-state index in [1.54, 1.807) is 0 Å². The third kappa shape index (κ3) is 2.71. The van der Waals surface area contributed by atoms with E-state index in [0.29, 0.717) is 0 Å². The van der Waals surface area contributed by atoms with E-state index in [4.69, 9.17) is 5.11 Å². The van der Waals surface area contributed by atoms with Crippen molar-refractivity contribution in [3.05, 3.63) is 0 Å². The zero-order chi connectivity index (χ0) is 12.9. The zero-order valence-electron chi connectivity index (χ0n) is 9.77. The van der Waals surface area contributed by atoms with Gasteiger partial charge in [0.05, 0.1) is 14.2 Å². The maximum Gasteiger partial charge on any atom is 0.323 e. The minimum Gasteiger partial charge on any atom is -0.481 e. The van der Waals surface area contributed by atoms with Gasteiger partial charge in [0.2, 0.25) is 0 Å². The van der Waals surface area contributed by atoms with Gasteiger partial charge in [0.15, 0.2) is 5.41 Å². The van der Waals surface area contributed by atoms with Gasteiger partial charge < -0.3 is 14.6 Å². The molecule has 0 aliphatic rings. The highest BCUT2D eigenvalue weighted by Crippen LogP contribution is 2.32. The number of carboxylic acids is 1.